The van der Waals surface area contributed by atoms with Gasteiger partial charge in [0.15, 0.2) is 11.6 Å². The minimum absolute atomic E-state index is 0.373. The Morgan fingerprint density at radius 3 is 2.56 bits per heavy atom. The molecule has 1 rings (SSSR count). The van der Waals surface area contributed by atoms with Crippen LogP contribution in [0.25, 0.3) is 0 Å². The molecule has 1 atom stereocenters. The summed E-state index contributed by atoms with van der Waals surface area (Å²) in [6, 6.07) is 0.146. The minimum Gasteiger partial charge on any atom is -0.322 e. The van der Waals surface area contributed by atoms with E-state index >= 15 is 0 Å². The van der Waals surface area contributed by atoms with E-state index in [0.717, 1.165) is 0 Å². The van der Waals surface area contributed by atoms with Crippen molar-refractivity contribution in [3.8, 4) is 0 Å². The van der Waals surface area contributed by atoms with Crippen LogP contribution in [0.15, 0.2) is 12.1 Å². The van der Waals surface area contributed by atoms with E-state index in [1.807, 2.05) is 6.26 Å². The van der Waals surface area contributed by atoms with Gasteiger partial charge in [-0.3, -0.25) is 4.79 Å². The lowest BCUT2D eigenvalue weighted by molar-refractivity contribution is -0.117. The molecule has 0 aliphatic carbocycles. The van der Waals surface area contributed by atoms with Gasteiger partial charge in [-0.05, 0) is 18.4 Å². The fraction of sp³-hybridized carbons (Fsp3) is 0.364. The standard InChI is InChI=1S/C11H13F3N2OS/c1-18-3-2-9(15)11(17)16-10-5-7(13)6(12)4-8(10)14/h4-5,9H,2-3,15H2,1H3,(H,16,17)/t9-/m1/s1. The third-order valence-corrected chi connectivity index (χ3v) is 2.88. The van der Waals surface area contributed by atoms with Gasteiger partial charge in [0.25, 0.3) is 0 Å². The zero-order valence-electron chi connectivity index (χ0n) is 9.67. The van der Waals surface area contributed by atoms with E-state index in [4.69, 9.17) is 5.73 Å². The molecule has 0 spiro atoms. The summed E-state index contributed by atoms with van der Waals surface area (Å²) in [5.41, 5.74) is 5.14. The Bertz CT molecular complexity index is 443. The third kappa shape index (κ3) is 3.92. The SMILES string of the molecule is CSCC[C@@H](N)C(=O)Nc1cc(F)c(F)cc1F. The van der Waals surface area contributed by atoms with Crippen molar-refractivity contribution in [2.45, 2.75) is 12.5 Å². The smallest absolute Gasteiger partial charge is 0.241 e. The van der Waals surface area contributed by atoms with Gasteiger partial charge in [0.1, 0.15) is 5.82 Å². The molecule has 1 amide bonds. The van der Waals surface area contributed by atoms with Crippen molar-refractivity contribution >= 4 is 23.4 Å². The summed E-state index contributed by atoms with van der Waals surface area (Å²) < 4.78 is 38.8. The maximum absolute atomic E-state index is 13.2. The predicted octanol–water partition coefficient (Wildman–Crippen LogP) is 2.12. The van der Waals surface area contributed by atoms with Crippen molar-refractivity contribution in [1.29, 1.82) is 0 Å². The van der Waals surface area contributed by atoms with Crippen molar-refractivity contribution in [2.75, 3.05) is 17.3 Å². The van der Waals surface area contributed by atoms with Crippen LogP contribution in [0.4, 0.5) is 18.9 Å². The summed E-state index contributed by atoms with van der Waals surface area (Å²) >= 11 is 1.52. The Labute approximate surface area is 107 Å². The van der Waals surface area contributed by atoms with Crippen LogP contribution in [0.3, 0.4) is 0 Å². The van der Waals surface area contributed by atoms with Crippen molar-refractivity contribution in [3.05, 3.63) is 29.6 Å². The summed E-state index contributed by atoms with van der Waals surface area (Å²) in [4.78, 5) is 11.5. The number of carbonyl (C=O) groups is 1. The lowest BCUT2D eigenvalue weighted by Gasteiger charge is -2.12. The first-order valence-electron chi connectivity index (χ1n) is 5.15. The minimum atomic E-state index is -1.31. The number of halogens is 3. The molecular formula is C11H13F3N2OS. The molecule has 0 saturated heterocycles. The van der Waals surface area contributed by atoms with Gasteiger partial charge >= 0.3 is 0 Å². The van der Waals surface area contributed by atoms with Crippen molar-refractivity contribution in [3.63, 3.8) is 0 Å². The molecule has 0 saturated carbocycles. The zero-order valence-corrected chi connectivity index (χ0v) is 10.5. The average Bonchev–Trinajstić information content (AvgIpc) is 2.32. The largest absolute Gasteiger partial charge is 0.322 e. The number of anilines is 1. The van der Waals surface area contributed by atoms with Crippen LogP contribution in [0.1, 0.15) is 6.42 Å². The fourth-order valence-corrected chi connectivity index (χ4v) is 1.71. The number of rotatable bonds is 5. The number of hydrogen-bond acceptors (Lipinski definition) is 3. The number of hydrogen-bond donors (Lipinski definition) is 2. The van der Waals surface area contributed by atoms with E-state index in [0.29, 0.717) is 24.3 Å². The molecule has 0 aliphatic rings. The van der Waals surface area contributed by atoms with E-state index < -0.39 is 35.1 Å². The number of thioether (sulfide) groups is 1. The monoisotopic (exact) mass is 278 g/mol. The van der Waals surface area contributed by atoms with E-state index in [1.54, 1.807) is 0 Å². The Kier molecular flexibility index (Phi) is 5.49. The molecule has 1 aromatic carbocycles. The van der Waals surface area contributed by atoms with Crippen LogP contribution in [-0.4, -0.2) is 24.0 Å². The van der Waals surface area contributed by atoms with Gasteiger partial charge in [-0.1, -0.05) is 0 Å². The van der Waals surface area contributed by atoms with Gasteiger partial charge in [0.05, 0.1) is 11.7 Å². The van der Waals surface area contributed by atoms with E-state index in [9.17, 15) is 18.0 Å². The van der Waals surface area contributed by atoms with Crippen molar-refractivity contribution in [1.82, 2.24) is 0 Å². The van der Waals surface area contributed by atoms with Gasteiger partial charge in [-0.25, -0.2) is 13.2 Å². The van der Waals surface area contributed by atoms with Crippen LogP contribution in [0.5, 0.6) is 0 Å². The van der Waals surface area contributed by atoms with Gasteiger partial charge in [-0.2, -0.15) is 11.8 Å². The quantitative estimate of drug-likeness (QED) is 0.811. The van der Waals surface area contributed by atoms with Crippen LogP contribution in [0, 0.1) is 17.5 Å². The number of amides is 1. The summed E-state index contributed by atoms with van der Waals surface area (Å²) in [6.45, 7) is 0. The number of carbonyl (C=O) groups excluding carboxylic acids is 1. The maximum Gasteiger partial charge on any atom is 0.241 e. The highest BCUT2D eigenvalue weighted by Crippen LogP contribution is 2.18. The zero-order chi connectivity index (χ0) is 13.7. The van der Waals surface area contributed by atoms with Crippen LogP contribution >= 0.6 is 11.8 Å². The number of nitrogens with two attached hydrogens (primary N) is 1. The molecule has 0 unspecified atom stereocenters. The summed E-state index contributed by atoms with van der Waals surface area (Å²) in [5, 5.41) is 2.13. The molecule has 0 aromatic heterocycles. The highest BCUT2D eigenvalue weighted by molar-refractivity contribution is 7.98. The summed E-state index contributed by atoms with van der Waals surface area (Å²) in [7, 11) is 0. The van der Waals surface area contributed by atoms with Crippen molar-refractivity contribution in [2.24, 2.45) is 5.73 Å². The van der Waals surface area contributed by atoms with E-state index in [1.165, 1.54) is 11.8 Å². The molecule has 0 aliphatic heterocycles. The summed E-state index contributed by atoms with van der Waals surface area (Å²) in [6.07, 6.45) is 2.28. The molecule has 3 N–H and O–H groups in total. The second-order valence-corrected chi connectivity index (χ2v) is 4.61. The Morgan fingerprint density at radius 1 is 1.33 bits per heavy atom. The van der Waals surface area contributed by atoms with Crippen LogP contribution in [-0.2, 0) is 4.79 Å². The molecule has 1 aromatic rings. The lowest BCUT2D eigenvalue weighted by atomic mass is 10.2. The first-order chi connectivity index (χ1) is 8.45. The van der Waals surface area contributed by atoms with E-state index in [-0.39, 0.29) is 0 Å². The highest BCUT2D eigenvalue weighted by Gasteiger charge is 2.16. The van der Waals surface area contributed by atoms with Gasteiger partial charge in [0.2, 0.25) is 5.91 Å². The molecule has 7 heteroatoms. The Balaban J connectivity index is 2.72. The van der Waals surface area contributed by atoms with Gasteiger partial charge in [0, 0.05) is 12.1 Å². The van der Waals surface area contributed by atoms with Crippen LogP contribution < -0.4 is 11.1 Å². The molecule has 18 heavy (non-hydrogen) atoms. The first-order valence-corrected chi connectivity index (χ1v) is 6.55. The molecule has 0 bridgehead atoms. The van der Waals surface area contributed by atoms with E-state index in [2.05, 4.69) is 5.32 Å². The predicted molar refractivity (Wildman–Crippen MR) is 65.9 cm³/mol. The Morgan fingerprint density at radius 2 is 1.94 bits per heavy atom. The number of benzene rings is 1. The highest BCUT2D eigenvalue weighted by atomic mass is 32.2. The molecule has 3 nitrogen and oxygen atoms in total. The second-order valence-electron chi connectivity index (χ2n) is 3.62. The van der Waals surface area contributed by atoms with Crippen LogP contribution in [0.2, 0.25) is 0 Å². The number of nitrogens with one attached hydrogen (secondary N) is 1. The first kappa shape index (κ1) is 14.8. The fourth-order valence-electron chi connectivity index (χ4n) is 1.22. The van der Waals surface area contributed by atoms with Crippen molar-refractivity contribution < 1.29 is 18.0 Å². The lowest BCUT2D eigenvalue weighted by Crippen LogP contribution is -2.36. The maximum atomic E-state index is 13.2. The normalized spacial score (nSPS) is 12.3. The molecule has 100 valence electrons. The molecule has 0 heterocycles. The Hall–Kier alpha value is -1.21. The topological polar surface area (TPSA) is 55.1 Å². The average molecular weight is 278 g/mol. The molecule has 0 radical (unpaired) electrons. The molecular weight excluding hydrogens is 265 g/mol. The second kappa shape index (κ2) is 6.65. The summed E-state index contributed by atoms with van der Waals surface area (Å²) in [5.74, 6) is -3.54. The molecule has 0 fully saturated rings. The van der Waals surface area contributed by atoms with Gasteiger partial charge in [-0.15, -0.1) is 0 Å². The van der Waals surface area contributed by atoms with Gasteiger partial charge < -0.3 is 11.1 Å². The third-order valence-electron chi connectivity index (χ3n) is 2.24.